The van der Waals surface area contributed by atoms with E-state index in [0.717, 1.165) is 12.1 Å². The number of nitrogens with one attached hydrogen (secondary N) is 1. The Kier molecular flexibility index (Phi) is 6.45. The van der Waals surface area contributed by atoms with Gasteiger partial charge in [-0.15, -0.1) is 10.2 Å². The monoisotopic (exact) mass is 451 g/mol. The molecule has 8 nitrogen and oxygen atoms in total. The molecule has 0 fully saturated rings. The maximum atomic E-state index is 12.8. The van der Waals surface area contributed by atoms with Gasteiger partial charge in [-0.3, -0.25) is 9.59 Å². The van der Waals surface area contributed by atoms with Gasteiger partial charge >= 0.3 is 0 Å². The number of amides is 2. The maximum Gasteiger partial charge on any atom is 0.251 e. The standard InChI is InChI=1S/C23H25N5O3S/c1-15(24-22(30)17-8-10-18(31-3)11-9-17)21-25-26-23(27(21)2)32-14-20(29)28-13-12-16-6-4-5-7-19(16)28/h4-11,15H,12-14H2,1-3H3,(H,24,30). The minimum Gasteiger partial charge on any atom is -0.497 e. The second kappa shape index (κ2) is 9.44. The summed E-state index contributed by atoms with van der Waals surface area (Å²) in [6, 6.07) is 14.6. The number of hydrogen-bond acceptors (Lipinski definition) is 6. The fourth-order valence-electron chi connectivity index (χ4n) is 3.72. The molecule has 1 atom stereocenters. The van der Waals surface area contributed by atoms with Gasteiger partial charge in [0.05, 0.1) is 18.9 Å². The normalized spacial score (nSPS) is 13.5. The number of para-hydroxylation sites is 1. The van der Waals surface area contributed by atoms with Crippen LogP contribution in [-0.4, -0.2) is 46.0 Å². The summed E-state index contributed by atoms with van der Waals surface area (Å²) in [5.41, 5.74) is 2.73. The van der Waals surface area contributed by atoms with Gasteiger partial charge in [0.15, 0.2) is 11.0 Å². The molecule has 2 heterocycles. The molecule has 0 radical (unpaired) electrons. The quantitative estimate of drug-likeness (QED) is 0.556. The number of methoxy groups -OCH3 is 1. The van der Waals surface area contributed by atoms with Gasteiger partial charge in [0.1, 0.15) is 5.75 Å². The second-order valence-corrected chi connectivity index (χ2v) is 8.48. The third-order valence-corrected chi connectivity index (χ3v) is 6.47. The molecular weight excluding hydrogens is 426 g/mol. The molecule has 4 rings (SSSR count). The van der Waals surface area contributed by atoms with Gasteiger partial charge in [0.25, 0.3) is 5.91 Å². The van der Waals surface area contributed by atoms with Crippen molar-refractivity contribution in [1.29, 1.82) is 0 Å². The molecule has 32 heavy (non-hydrogen) atoms. The van der Waals surface area contributed by atoms with E-state index in [2.05, 4.69) is 21.6 Å². The van der Waals surface area contributed by atoms with Gasteiger partial charge < -0.3 is 19.5 Å². The fourth-order valence-corrected chi connectivity index (χ4v) is 4.51. The second-order valence-electron chi connectivity index (χ2n) is 7.54. The summed E-state index contributed by atoms with van der Waals surface area (Å²) < 4.78 is 6.94. The number of carbonyl (C=O) groups is 2. The van der Waals surface area contributed by atoms with E-state index in [9.17, 15) is 9.59 Å². The molecule has 166 valence electrons. The number of rotatable bonds is 7. The zero-order valence-electron chi connectivity index (χ0n) is 18.2. The number of hydrogen-bond donors (Lipinski definition) is 1. The smallest absolute Gasteiger partial charge is 0.251 e. The predicted octanol–water partition coefficient (Wildman–Crippen LogP) is 3.00. The molecule has 0 spiro atoms. The molecule has 0 aliphatic carbocycles. The van der Waals surface area contributed by atoms with E-state index >= 15 is 0 Å². The Balaban J connectivity index is 1.36. The number of anilines is 1. The van der Waals surface area contributed by atoms with Crippen molar-refractivity contribution in [3.8, 4) is 5.75 Å². The van der Waals surface area contributed by atoms with Crippen LogP contribution in [0.3, 0.4) is 0 Å². The zero-order chi connectivity index (χ0) is 22.7. The lowest BCUT2D eigenvalue weighted by Crippen LogP contribution is -2.30. The van der Waals surface area contributed by atoms with Crippen LogP contribution in [0.25, 0.3) is 0 Å². The van der Waals surface area contributed by atoms with Crippen LogP contribution in [0.4, 0.5) is 5.69 Å². The van der Waals surface area contributed by atoms with Crippen molar-refractivity contribution in [2.24, 2.45) is 7.05 Å². The average molecular weight is 452 g/mol. The molecule has 0 saturated carbocycles. The lowest BCUT2D eigenvalue weighted by atomic mass is 10.2. The van der Waals surface area contributed by atoms with Crippen LogP contribution in [0.5, 0.6) is 5.75 Å². The van der Waals surface area contributed by atoms with Crippen LogP contribution in [0.1, 0.15) is 34.7 Å². The van der Waals surface area contributed by atoms with Crippen molar-refractivity contribution in [2.75, 3.05) is 24.3 Å². The van der Waals surface area contributed by atoms with Crippen molar-refractivity contribution >= 4 is 29.3 Å². The van der Waals surface area contributed by atoms with Crippen LogP contribution in [0.2, 0.25) is 0 Å². The Labute approximate surface area is 191 Å². The molecular formula is C23H25N5O3S. The summed E-state index contributed by atoms with van der Waals surface area (Å²) >= 11 is 1.35. The van der Waals surface area contributed by atoms with Crippen molar-refractivity contribution in [3.63, 3.8) is 0 Å². The number of fused-ring (bicyclic) bond motifs is 1. The number of thioether (sulfide) groups is 1. The minimum absolute atomic E-state index is 0.0466. The summed E-state index contributed by atoms with van der Waals surface area (Å²) in [5.74, 6) is 1.42. The molecule has 3 aromatic rings. The van der Waals surface area contributed by atoms with Crippen molar-refractivity contribution in [3.05, 3.63) is 65.5 Å². The summed E-state index contributed by atoms with van der Waals surface area (Å²) in [6.45, 7) is 2.56. The van der Waals surface area contributed by atoms with E-state index in [0.29, 0.717) is 28.8 Å². The molecule has 9 heteroatoms. The Morgan fingerprint density at radius 3 is 2.66 bits per heavy atom. The SMILES string of the molecule is COc1ccc(C(=O)NC(C)c2nnc(SCC(=O)N3CCc4ccccc43)n2C)cc1. The van der Waals surface area contributed by atoms with Crippen LogP contribution < -0.4 is 15.0 Å². The summed E-state index contributed by atoms with van der Waals surface area (Å²) in [7, 11) is 3.42. The Hall–Kier alpha value is -3.33. The first-order valence-electron chi connectivity index (χ1n) is 10.3. The Morgan fingerprint density at radius 1 is 1.16 bits per heavy atom. The average Bonchev–Trinajstić information content (AvgIpc) is 3.41. The fraction of sp³-hybridized carbons (Fsp3) is 0.304. The van der Waals surface area contributed by atoms with Gasteiger partial charge in [0.2, 0.25) is 5.91 Å². The summed E-state index contributed by atoms with van der Waals surface area (Å²) in [4.78, 5) is 27.1. The van der Waals surface area contributed by atoms with E-state index < -0.39 is 0 Å². The highest BCUT2D eigenvalue weighted by molar-refractivity contribution is 7.99. The van der Waals surface area contributed by atoms with Gasteiger partial charge in [0, 0.05) is 24.8 Å². The number of carbonyl (C=O) groups excluding carboxylic acids is 2. The zero-order valence-corrected chi connectivity index (χ0v) is 19.1. The first-order valence-corrected chi connectivity index (χ1v) is 11.3. The molecule has 0 saturated heterocycles. The van der Waals surface area contributed by atoms with Crippen LogP contribution >= 0.6 is 11.8 Å². The lowest BCUT2D eigenvalue weighted by Gasteiger charge is -2.17. The molecule has 1 aromatic heterocycles. The van der Waals surface area contributed by atoms with Crippen molar-refractivity contribution in [1.82, 2.24) is 20.1 Å². The first-order chi connectivity index (χ1) is 15.5. The number of benzene rings is 2. The molecule has 1 aliphatic heterocycles. The summed E-state index contributed by atoms with van der Waals surface area (Å²) in [5, 5.41) is 12.0. The van der Waals surface area contributed by atoms with E-state index in [1.165, 1.54) is 17.3 Å². The molecule has 1 N–H and O–H groups in total. The van der Waals surface area contributed by atoms with Gasteiger partial charge in [-0.2, -0.15) is 0 Å². The van der Waals surface area contributed by atoms with Crippen molar-refractivity contribution < 1.29 is 14.3 Å². The first kappa shape index (κ1) is 21.9. The van der Waals surface area contributed by atoms with E-state index in [-0.39, 0.29) is 23.6 Å². The number of aromatic nitrogens is 3. The Bertz CT molecular complexity index is 1130. The Morgan fingerprint density at radius 2 is 1.91 bits per heavy atom. The molecule has 1 unspecified atom stereocenters. The number of nitrogens with zero attached hydrogens (tertiary/aromatic N) is 4. The van der Waals surface area contributed by atoms with Gasteiger partial charge in [-0.25, -0.2) is 0 Å². The molecule has 0 bridgehead atoms. The summed E-state index contributed by atoms with van der Waals surface area (Å²) in [6.07, 6.45) is 0.881. The minimum atomic E-state index is -0.349. The highest BCUT2D eigenvalue weighted by Crippen LogP contribution is 2.29. The predicted molar refractivity (Wildman–Crippen MR) is 123 cm³/mol. The van der Waals surface area contributed by atoms with Gasteiger partial charge in [-0.1, -0.05) is 30.0 Å². The van der Waals surface area contributed by atoms with E-state index in [1.807, 2.05) is 41.6 Å². The lowest BCUT2D eigenvalue weighted by molar-refractivity contribution is -0.116. The third kappa shape index (κ3) is 4.47. The molecule has 2 amide bonds. The van der Waals surface area contributed by atoms with E-state index in [1.54, 1.807) is 31.4 Å². The van der Waals surface area contributed by atoms with Crippen LogP contribution in [0, 0.1) is 0 Å². The highest BCUT2D eigenvalue weighted by atomic mass is 32.2. The van der Waals surface area contributed by atoms with Crippen LogP contribution in [0.15, 0.2) is 53.7 Å². The van der Waals surface area contributed by atoms with E-state index in [4.69, 9.17) is 4.74 Å². The third-order valence-electron chi connectivity index (χ3n) is 5.47. The number of ether oxygens (including phenoxy) is 1. The molecule has 2 aromatic carbocycles. The van der Waals surface area contributed by atoms with Gasteiger partial charge in [-0.05, 0) is 49.2 Å². The largest absolute Gasteiger partial charge is 0.497 e. The maximum absolute atomic E-state index is 12.8. The molecule has 1 aliphatic rings. The van der Waals surface area contributed by atoms with Crippen molar-refractivity contribution in [2.45, 2.75) is 24.5 Å². The highest BCUT2D eigenvalue weighted by Gasteiger charge is 2.25. The van der Waals surface area contributed by atoms with Crippen LogP contribution in [-0.2, 0) is 18.3 Å². The topological polar surface area (TPSA) is 89.3 Å².